The first-order valence-electron chi connectivity index (χ1n) is 11.9. The van der Waals surface area contributed by atoms with Gasteiger partial charge in [0, 0.05) is 47.0 Å². The summed E-state index contributed by atoms with van der Waals surface area (Å²) in [6, 6.07) is 22.9. The van der Waals surface area contributed by atoms with Gasteiger partial charge in [0.1, 0.15) is 11.8 Å². The first-order chi connectivity index (χ1) is 18.0. The monoisotopic (exact) mass is 531 g/mol. The number of thiocarbonyl (C=S) groups is 1. The third kappa shape index (κ3) is 4.90. The van der Waals surface area contributed by atoms with Crippen molar-refractivity contribution in [1.82, 2.24) is 14.9 Å². The number of carbonyl (C=O) groups is 1. The quantitative estimate of drug-likeness (QED) is 0.282. The molecule has 0 saturated carbocycles. The molecule has 2 aromatic carbocycles. The summed E-state index contributed by atoms with van der Waals surface area (Å²) in [4.78, 5) is 18.7. The molecule has 0 aliphatic carbocycles. The van der Waals surface area contributed by atoms with Crippen LogP contribution in [-0.2, 0) is 4.79 Å². The topological polar surface area (TPSA) is 71.4 Å². The van der Waals surface area contributed by atoms with E-state index in [0.29, 0.717) is 28.0 Å². The lowest BCUT2D eigenvalue weighted by Gasteiger charge is -2.29. The fourth-order valence-corrected chi connectivity index (χ4v) is 5.13. The summed E-state index contributed by atoms with van der Waals surface area (Å²) in [5, 5.41) is 7.60. The average molecular weight is 532 g/mol. The summed E-state index contributed by atoms with van der Waals surface area (Å²) in [5.74, 6) is 0.462. The van der Waals surface area contributed by atoms with Crippen LogP contribution in [0.5, 0.6) is 5.75 Å². The Morgan fingerprint density at radius 2 is 1.97 bits per heavy atom. The van der Waals surface area contributed by atoms with Crippen molar-refractivity contribution in [3.63, 3.8) is 0 Å². The molecule has 37 heavy (non-hydrogen) atoms. The van der Waals surface area contributed by atoms with Crippen molar-refractivity contribution in [3.05, 3.63) is 102 Å². The Labute approximate surface area is 226 Å². The second-order valence-corrected chi connectivity index (χ2v) is 9.39. The molecule has 1 amide bonds. The van der Waals surface area contributed by atoms with Crippen molar-refractivity contribution in [1.29, 1.82) is 0 Å². The minimum Gasteiger partial charge on any atom is -0.494 e. The lowest BCUT2D eigenvalue weighted by molar-refractivity contribution is -0.115. The second kappa shape index (κ2) is 10.6. The Morgan fingerprint density at radius 3 is 2.70 bits per heavy atom. The second-order valence-electron chi connectivity index (χ2n) is 8.57. The number of anilines is 2. The van der Waals surface area contributed by atoms with Crippen LogP contribution in [0.2, 0.25) is 5.02 Å². The van der Waals surface area contributed by atoms with Crippen LogP contribution >= 0.6 is 23.8 Å². The Balaban J connectivity index is 1.63. The number of nitrogens with zero attached hydrogens (tertiary/aromatic N) is 3. The van der Waals surface area contributed by atoms with Gasteiger partial charge in [-0.2, -0.15) is 0 Å². The highest BCUT2D eigenvalue weighted by Gasteiger charge is 2.42. The molecule has 0 unspecified atom stereocenters. The van der Waals surface area contributed by atoms with E-state index in [9.17, 15) is 4.79 Å². The standard InChI is InChI=1S/C28H26ClN5O2S/c1-3-25(35)31-21-13-12-20(17-24(21)36-2)34-27(26(32-28(34)37)22-10-4-5-14-30-22)23-11-7-15-33(23)19-9-6-8-18(29)16-19/h4-17,26-27H,3H2,1-2H3,(H,31,35)(H,32,37)/t26-,27-/m1/s1. The zero-order chi connectivity index (χ0) is 25.9. The van der Waals surface area contributed by atoms with Crippen molar-refractivity contribution in [3.8, 4) is 11.4 Å². The molecule has 0 spiro atoms. The third-order valence-electron chi connectivity index (χ3n) is 6.33. The Hall–Kier alpha value is -3.88. The number of nitrogens with one attached hydrogen (secondary N) is 2. The molecule has 7 nitrogen and oxygen atoms in total. The first kappa shape index (κ1) is 24.8. The third-order valence-corrected chi connectivity index (χ3v) is 6.88. The van der Waals surface area contributed by atoms with Crippen LogP contribution in [0.4, 0.5) is 11.4 Å². The number of carbonyl (C=O) groups excluding carboxylic acids is 1. The van der Waals surface area contributed by atoms with Gasteiger partial charge in [0.05, 0.1) is 24.5 Å². The number of ether oxygens (including phenoxy) is 1. The first-order valence-corrected chi connectivity index (χ1v) is 12.7. The highest BCUT2D eigenvalue weighted by atomic mass is 35.5. The van der Waals surface area contributed by atoms with E-state index in [1.807, 2.05) is 79.9 Å². The van der Waals surface area contributed by atoms with Crippen molar-refractivity contribution >= 4 is 46.2 Å². The molecule has 5 rings (SSSR count). The molecule has 1 aliphatic heterocycles. The summed E-state index contributed by atoms with van der Waals surface area (Å²) in [6.07, 6.45) is 4.17. The van der Waals surface area contributed by atoms with Crippen LogP contribution in [0.25, 0.3) is 5.69 Å². The van der Waals surface area contributed by atoms with E-state index in [-0.39, 0.29) is 18.0 Å². The highest BCUT2D eigenvalue weighted by Crippen LogP contribution is 2.44. The molecular formula is C28H26ClN5O2S. The van der Waals surface area contributed by atoms with E-state index in [2.05, 4.69) is 31.2 Å². The van der Waals surface area contributed by atoms with E-state index >= 15 is 0 Å². The Morgan fingerprint density at radius 1 is 1.11 bits per heavy atom. The fraction of sp³-hybridized carbons (Fsp3) is 0.179. The molecule has 2 N–H and O–H groups in total. The molecule has 0 bridgehead atoms. The van der Waals surface area contributed by atoms with Crippen LogP contribution in [0.3, 0.4) is 0 Å². The van der Waals surface area contributed by atoms with E-state index in [0.717, 1.165) is 22.8 Å². The zero-order valence-corrected chi connectivity index (χ0v) is 22.0. The van der Waals surface area contributed by atoms with Crippen LogP contribution in [0.1, 0.15) is 36.8 Å². The molecule has 0 radical (unpaired) electrons. The summed E-state index contributed by atoms with van der Waals surface area (Å²) in [6.45, 7) is 1.81. The number of aromatic nitrogens is 2. The van der Waals surface area contributed by atoms with Gasteiger partial charge in [-0.3, -0.25) is 9.78 Å². The Bertz CT molecular complexity index is 1440. The summed E-state index contributed by atoms with van der Waals surface area (Å²) < 4.78 is 7.75. The largest absolute Gasteiger partial charge is 0.494 e. The smallest absolute Gasteiger partial charge is 0.224 e. The summed E-state index contributed by atoms with van der Waals surface area (Å²) in [7, 11) is 1.58. The summed E-state index contributed by atoms with van der Waals surface area (Å²) >= 11 is 12.2. The van der Waals surface area contributed by atoms with Crippen molar-refractivity contribution in [2.45, 2.75) is 25.4 Å². The minimum absolute atomic E-state index is 0.0862. The van der Waals surface area contributed by atoms with Gasteiger partial charge in [-0.25, -0.2) is 0 Å². The van der Waals surface area contributed by atoms with Crippen molar-refractivity contribution in [2.24, 2.45) is 0 Å². The molecule has 1 fully saturated rings. The lowest BCUT2D eigenvalue weighted by atomic mass is 10.0. The van der Waals surface area contributed by atoms with Gasteiger partial charge in [0.15, 0.2) is 5.11 Å². The number of halogens is 1. The molecule has 188 valence electrons. The molecule has 4 aromatic rings. The van der Waals surface area contributed by atoms with E-state index in [1.54, 1.807) is 13.3 Å². The van der Waals surface area contributed by atoms with Crippen molar-refractivity contribution < 1.29 is 9.53 Å². The van der Waals surface area contributed by atoms with Crippen LogP contribution < -0.4 is 20.3 Å². The molecule has 1 aliphatic rings. The van der Waals surface area contributed by atoms with Gasteiger partial charge >= 0.3 is 0 Å². The molecule has 3 heterocycles. The number of hydrogen-bond acceptors (Lipinski definition) is 4. The molecule has 9 heteroatoms. The number of benzene rings is 2. The lowest BCUT2D eigenvalue weighted by Crippen LogP contribution is -2.30. The molecular weight excluding hydrogens is 506 g/mol. The van der Waals surface area contributed by atoms with E-state index < -0.39 is 0 Å². The normalized spacial score (nSPS) is 16.9. The minimum atomic E-state index is -0.239. The number of methoxy groups -OCH3 is 1. The molecule has 1 saturated heterocycles. The van der Waals surface area contributed by atoms with Gasteiger partial charge in [0.25, 0.3) is 0 Å². The molecule has 2 aromatic heterocycles. The highest BCUT2D eigenvalue weighted by molar-refractivity contribution is 7.80. The average Bonchev–Trinajstić information content (AvgIpc) is 3.53. The number of amides is 1. The predicted molar refractivity (Wildman–Crippen MR) is 151 cm³/mol. The van der Waals surface area contributed by atoms with Crippen LogP contribution in [-0.4, -0.2) is 27.7 Å². The molecule has 2 atom stereocenters. The van der Waals surface area contributed by atoms with Crippen LogP contribution in [0.15, 0.2) is 85.2 Å². The maximum Gasteiger partial charge on any atom is 0.224 e. The Kier molecular flexibility index (Phi) is 7.12. The van der Waals surface area contributed by atoms with Crippen molar-refractivity contribution in [2.75, 3.05) is 17.3 Å². The van der Waals surface area contributed by atoms with Crippen LogP contribution in [0, 0.1) is 0 Å². The zero-order valence-electron chi connectivity index (χ0n) is 20.4. The maximum atomic E-state index is 12.0. The number of rotatable bonds is 7. The summed E-state index contributed by atoms with van der Waals surface area (Å²) in [5.41, 5.74) is 4.25. The predicted octanol–water partition coefficient (Wildman–Crippen LogP) is 6.06. The van der Waals surface area contributed by atoms with E-state index in [1.165, 1.54) is 0 Å². The SMILES string of the molecule is CCC(=O)Nc1ccc(N2C(=S)N[C@H](c3ccccn3)[C@H]2c2cccn2-c2cccc(Cl)c2)cc1OC. The van der Waals surface area contributed by atoms with Gasteiger partial charge in [-0.05, 0) is 66.8 Å². The van der Waals surface area contributed by atoms with Gasteiger partial charge in [-0.1, -0.05) is 30.7 Å². The fourth-order valence-electron chi connectivity index (χ4n) is 4.60. The van der Waals surface area contributed by atoms with Gasteiger partial charge in [0.2, 0.25) is 5.91 Å². The number of hydrogen-bond donors (Lipinski definition) is 2. The number of pyridine rings is 1. The van der Waals surface area contributed by atoms with E-state index in [4.69, 9.17) is 28.6 Å². The van der Waals surface area contributed by atoms with Gasteiger partial charge in [-0.15, -0.1) is 0 Å². The van der Waals surface area contributed by atoms with Gasteiger partial charge < -0.3 is 24.8 Å². The maximum absolute atomic E-state index is 12.0.